The summed E-state index contributed by atoms with van der Waals surface area (Å²) in [6.45, 7) is 7.14. The predicted octanol–water partition coefficient (Wildman–Crippen LogP) is 6.51. The summed E-state index contributed by atoms with van der Waals surface area (Å²) in [7, 11) is -4.13. The van der Waals surface area contributed by atoms with E-state index in [0.717, 1.165) is 25.5 Å². The van der Waals surface area contributed by atoms with E-state index in [1.807, 2.05) is 88.4 Å². The second-order valence-corrected chi connectivity index (χ2v) is 14.5. The Labute approximate surface area is 269 Å². The molecule has 7 nitrogen and oxygen atoms in total. The number of aryl methyl sites for hydroxylation is 1. The van der Waals surface area contributed by atoms with Gasteiger partial charge >= 0.3 is 0 Å². The van der Waals surface area contributed by atoms with Crippen LogP contribution in [0.5, 0.6) is 0 Å². The van der Waals surface area contributed by atoms with E-state index in [9.17, 15) is 18.0 Å². The third-order valence-electron chi connectivity index (χ3n) is 6.94. The molecule has 0 fully saturated rings. The summed E-state index contributed by atoms with van der Waals surface area (Å²) < 4.78 is 30.1. The SMILES string of the molecule is Cc1cccc(N(CC(=O)N(Cc2ccc(Br)cc2)C(Cc2ccccc2)C(=O)NC(C)(C)C)S(=O)(=O)c2ccccc2)c1. The molecule has 0 saturated carbocycles. The number of carbonyl (C=O) groups is 2. The molecule has 0 bridgehead atoms. The summed E-state index contributed by atoms with van der Waals surface area (Å²) in [5, 5.41) is 3.05. The number of hydrogen-bond acceptors (Lipinski definition) is 4. The summed E-state index contributed by atoms with van der Waals surface area (Å²) in [5.41, 5.74) is 2.34. The normalized spacial score (nSPS) is 12.3. The van der Waals surface area contributed by atoms with E-state index >= 15 is 0 Å². The van der Waals surface area contributed by atoms with Gasteiger partial charge in [-0.1, -0.05) is 88.7 Å². The van der Waals surface area contributed by atoms with E-state index < -0.39 is 34.1 Å². The number of nitrogens with zero attached hydrogens (tertiary/aromatic N) is 2. The molecule has 0 aliphatic heterocycles. The largest absolute Gasteiger partial charge is 0.350 e. The molecule has 4 aromatic carbocycles. The second-order valence-electron chi connectivity index (χ2n) is 11.8. The molecule has 4 aromatic rings. The number of amides is 2. The number of carbonyl (C=O) groups excluding carboxylic acids is 2. The summed E-state index contributed by atoms with van der Waals surface area (Å²) >= 11 is 3.46. The van der Waals surface area contributed by atoms with Crippen LogP contribution in [-0.2, 0) is 32.6 Å². The smallest absolute Gasteiger partial charge is 0.264 e. The number of nitrogens with one attached hydrogen (secondary N) is 1. The quantitative estimate of drug-likeness (QED) is 0.196. The van der Waals surface area contributed by atoms with Gasteiger partial charge in [0.05, 0.1) is 10.6 Å². The molecule has 0 radical (unpaired) electrons. The molecular weight excluding hydrogens is 638 g/mol. The molecule has 230 valence electrons. The lowest BCUT2D eigenvalue weighted by Crippen LogP contribution is -2.56. The fourth-order valence-electron chi connectivity index (χ4n) is 4.82. The summed E-state index contributed by atoms with van der Waals surface area (Å²) in [5.74, 6) is -0.821. The first-order chi connectivity index (χ1) is 20.8. The van der Waals surface area contributed by atoms with Crippen LogP contribution in [0.15, 0.2) is 119 Å². The van der Waals surface area contributed by atoms with Gasteiger partial charge in [-0.25, -0.2) is 8.42 Å². The first-order valence-corrected chi connectivity index (χ1v) is 16.6. The maximum absolute atomic E-state index is 14.5. The van der Waals surface area contributed by atoms with Gasteiger partial charge in [-0.3, -0.25) is 13.9 Å². The van der Waals surface area contributed by atoms with Crippen molar-refractivity contribution in [3.05, 3.63) is 130 Å². The van der Waals surface area contributed by atoms with Crippen LogP contribution in [0.25, 0.3) is 0 Å². The Morgan fingerprint density at radius 3 is 2.02 bits per heavy atom. The predicted molar refractivity (Wildman–Crippen MR) is 179 cm³/mol. The lowest BCUT2D eigenvalue weighted by molar-refractivity contribution is -0.140. The van der Waals surface area contributed by atoms with Crippen LogP contribution in [0.3, 0.4) is 0 Å². The Morgan fingerprint density at radius 1 is 0.818 bits per heavy atom. The van der Waals surface area contributed by atoms with Crippen molar-refractivity contribution in [2.24, 2.45) is 0 Å². The first kappa shape index (κ1) is 33.0. The zero-order chi connectivity index (χ0) is 31.9. The molecule has 0 aliphatic rings. The molecule has 0 aromatic heterocycles. The average Bonchev–Trinajstić information content (AvgIpc) is 2.98. The lowest BCUT2D eigenvalue weighted by Gasteiger charge is -2.35. The van der Waals surface area contributed by atoms with Crippen molar-refractivity contribution in [3.8, 4) is 0 Å². The van der Waals surface area contributed by atoms with Gasteiger partial charge in [0.15, 0.2) is 0 Å². The standard InChI is InChI=1S/C35H38BrN3O4S/c1-26-12-11-15-30(22-26)39(44(42,43)31-16-9-6-10-17-31)25-33(40)38(24-28-18-20-29(36)21-19-28)32(34(41)37-35(2,3)4)23-27-13-7-5-8-14-27/h5-22,32H,23-25H2,1-4H3,(H,37,41). The van der Waals surface area contributed by atoms with E-state index in [2.05, 4.69) is 21.2 Å². The second kappa shape index (κ2) is 14.2. The number of anilines is 1. The molecule has 0 saturated heterocycles. The number of halogens is 1. The topological polar surface area (TPSA) is 86.8 Å². The monoisotopic (exact) mass is 675 g/mol. The van der Waals surface area contributed by atoms with Crippen LogP contribution in [0, 0.1) is 6.92 Å². The maximum atomic E-state index is 14.5. The third-order valence-corrected chi connectivity index (χ3v) is 9.25. The first-order valence-electron chi connectivity index (χ1n) is 14.4. The number of hydrogen-bond donors (Lipinski definition) is 1. The number of rotatable bonds is 11. The average molecular weight is 677 g/mol. The lowest BCUT2D eigenvalue weighted by atomic mass is 10.0. The van der Waals surface area contributed by atoms with Gasteiger partial charge in [0.2, 0.25) is 11.8 Å². The van der Waals surface area contributed by atoms with Crippen LogP contribution >= 0.6 is 15.9 Å². The van der Waals surface area contributed by atoms with Crippen molar-refractivity contribution in [2.75, 3.05) is 10.8 Å². The van der Waals surface area contributed by atoms with Crippen LogP contribution in [0.1, 0.15) is 37.5 Å². The Hall–Kier alpha value is -3.95. The van der Waals surface area contributed by atoms with Crippen molar-refractivity contribution < 1.29 is 18.0 Å². The van der Waals surface area contributed by atoms with Gasteiger partial charge in [0.25, 0.3) is 10.0 Å². The van der Waals surface area contributed by atoms with E-state index in [0.29, 0.717) is 5.69 Å². The van der Waals surface area contributed by atoms with Gasteiger partial charge in [0.1, 0.15) is 12.6 Å². The molecule has 1 N–H and O–H groups in total. The Morgan fingerprint density at radius 2 is 1.43 bits per heavy atom. The van der Waals surface area contributed by atoms with Crippen molar-refractivity contribution in [3.63, 3.8) is 0 Å². The van der Waals surface area contributed by atoms with Crippen molar-refractivity contribution in [1.82, 2.24) is 10.2 Å². The molecule has 0 heterocycles. The van der Waals surface area contributed by atoms with Gasteiger partial charge < -0.3 is 10.2 Å². The molecule has 0 spiro atoms. The molecule has 1 atom stereocenters. The molecular formula is C35H38BrN3O4S. The molecule has 1 unspecified atom stereocenters. The molecule has 44 heavy (non-hydrogen) atoms. The van der Waals surface area contributed by atoms with E-state index in [1.54, 1.807) is 36.4 Å². The van der Waals surface area contributed by atoms with E-state index in [1.165, 1.54) is 17.0 Å². The van der Waals surface area contributed by atoms with Gasteiger partial charge in [0, 0.05) is 23.0 Å². The van der Waals surface area contributed by atoms with E-state index in [-0.39, 0.29) is 23.8 Å². The van der Waals surface area contributed by atoms with Crippen LogP contribution in [0.2, 0.25) is 0 Å². The molecule has 0 aliphatic carbocycles. The minimum absolute atomic E-state index is 0.0695. The molecule has 2 amide bonds. The Kier molecular flexibility index (Phi) is 10.7. The highest BCUT2D eigenvalue weighted by Gasteiger charge is 2.35. The number of benzene rings is 4. The fourth-order valence-corrected chi connectivity index (χ4v) is 6.52. The van der Waals surface area contributed by atoms with Crippen LogP contribution < -0.4 is 9.62 Å². The van der Waals surface area contributed by atoms with Crippen molar-refractivity contribution in [2.45, 2.75) is 57.1 Å². The molecule has 9 heteroatoms. The third kappa shape index (κ3) is 8.80. The summed E-state index contributed by atoms with van der Waals surface area (Å²) in [4.78, 5) is 30.0. The molecule has 4 rings (SSSR count). The zero-order valence-corrected chi connectivity index (χ0v) is 27.8. The van der Waals surface area contributed by atoms with Gasteiger partial charge in [-0.15, -0.1) is 0 Å². The Bertz CT molecular complexity index is 1670. The van der Waals surface area contributed by atoms with Crippen LogP contribution in [0.4, 0.5) is 5.69 Å². The zero-order valence-electron chi connectivity index (χ0n) is 25.4. The van der Waals surface area contributed by atoms with Gasteiger partial charge in [-0.05, 0) is 80.8 Å². The Balaban J connectivity index is 1.81. The number of sulfonamides is 1. The van der Waals surface area contributed by atoms with Gasteiger partial charge in [-0.2, -0.15) is 0 Å². The van der Waals surface area contributed by atoms with E-state index in [4.69, 9.17) is 0 Å². The fraction of sp³-hybridized carbons (Fsp3) is 0.257. The maximum Gasteiger partial charge on any atom is 0.264 e. The summed E-state index contributed by atoms with van der Waals surface area (Å²) in [6.07, 6.45) is 0.251. The summed E-state index contributed by atoms with van der Waals surface area (Å²) in [6, 6.07) is 31.2. The highest BCUT2D eigenvalue weighted by molar-refractivity contribution is 9.10. The minimum atomic E-state index is -4.13. The highest BCUT2D eigenvalue weighted by atomic mass is 79.9. The minimum Gasteiger partial charge on any atom is -0.350 e. The van der Waals surface area contributed by atoms with Crippen molar-refractivity contribution in [1.29, 1.82) is 0 Å². The van der Waals surface area contributed by atoms with Crippen LogP contribution in [-0.4, -0.2) is 43.3 Å². The highest BCUT2D eigenvalue weighted by Crippen LogP contribution is 2.26. The van der Waals surface area contributed by atoms with Crippen molar-refractivity contribution >= 4 is 43.5 Å².